The number of rotatable bonds is 6. The Kier molecular flexibility index (Phi) is 5.20. The van der Waals surface area contributed by atoms with E-state index in [-0.39, 0.29) is 5.91 Å². The molecule has 1 amide bonds. The number of thiophene rings is 1. The fourth-order valence-corrected chi connectivity index (χ4v) is 4.64. The number of nitrogens with zero attached hydrogens (tertiary/aromatic N) is 3. The average Bonchev–Trinajstić information content (AvgIpc) is 3.27. The van der Waals surface area contributed by atoms with Crippen LogP contribution in [0.2, 0.25) is 0 Å². The van der Waals surface area contributed by atoms with Gasteiger partial charge in [-0.25, -0.2) is 9.97 Å². The van der Waals surface area contributed by atoms with E-state index >= 15 is 0 Å². The molecule has 4 nitrogen and oxygen atoms in total. The molecular formula is C16H17N3OS3. The van der Waals surface area contributed by atoms with Gasteiger partial charge >= 0.3 is 0 Å². The van der Waals surface area contributed by atoms with Crippen molar-refractivity contribution >= 4 is 39.9 Å². The summed E-state index contributed by atoms with van der Waals surface area (Å²) in [7, 11) is 1.80. The Morgan fingerprint density at radius 3 is 2.83 bits per heavy atom. The molecule has 0 aliphatic rings. The van der Waals surface area contributed by atoms with Gasteiger partial charge in [-0.15, -0.1) is 34.0 Å². The minimum Gasteiger partial charge on any atom is -0.334 e. The van der Waals surface area contributed by atoms with Crippen molar-refractivity contribution in [1.29, 1.82) is 0 Å². The molecule has 7 heteroatoms. The standard InChI is InChI=1S/C16H17N3OS3/c1-3-5-14-18-12(10-22-14)16(20)19(2)8-11-9-23-15(17-11)13-6-4-7-21-13/h4,6-7,9-10H,3,5,8H2,1-2H3. The fourth-order valence-electron chi connectivity index (χ4n) is 2.14. The molecule has 0 aliphatic carbocycles. The van der Waals surface area contributed by atoms with E-state index in [1.54, 1.807) is 46.0 Å². The number of carbonyl (C=O) groups is 1. The molecule has 3 rings (SSSR count). The topological polar surface area (TPSA) is 46.1 Å². The summed E-state index contributed by atoms with van der Waals surface area (Å²) in [5.41, 5.74) is 1.45. The van der Waals surface area contributed by atoms with Crippen LogP contribution in [0.4, 0.5) is 0 Å². The van der Waals surface area contributed by atoms with E-state index in [0.29, 0.717) is 12.2 Å². The summed E-state index contributed by atoms with van der Waals surface area (Å²) in [6, 6.07) is 4.08. The highest BCUT2D eigenvalue weighted by Gasteiger charge is 2.17. The van der Waals surface area contributed by atoms with Gasteiger partial charge in [0.1, 0.15) is 10.7 Å². The molecular weight excluding hydrogens is 346 g/mol. The molecule has 3 aromatic heterocycles. The molecule has 23 heavy (non-hydrogen) atoms. The van der Waals surface area contributed by atoms with E-state index in [1.807, 2.05) is 22.2 Å². The first kappa shape index (κ1) is 16.3. The SMILES string of the molecule is CCCc1nc(C(=O)N(C)Cc2csc(-c3cccs3)n2)cs1. The van der Waals surface area contributed by atoms with E-state index in [4.69, 9.17) is 0 Å². The van der Waals surface area contributed by atoms with Gasteiger partial charge in [0, 0.05) is 17.8 Å². The first-order chi connectivity index (χ1) is 11.2. The zero-order chi connectivity index (χ0) is 16.2. The van der Waals surface area contributed by atoms with Gasteiger partial charge in [-0.2, -0.15) is 0 Å². The minimum absolute atomic E-state index is 0.0470. The van der Waals surface area contributed by atoms with Crippen molar-refractivity contribution in [2.75, 3.05) is 7.05 Å². The third-order valence-corrected chi connectivity index (χ3v) is 6.10. The highest BCUT2D eigenvalue weighted by molar-refractivity contribution is 7.20. The third kappa shape index (κ3) is 3.85. The lowest BCUT2D eigenvalue weighted by molar-refractivity contribution is 0.0778. The largest absolute Gasteiger partial charge is 0.334 e. The Bertz CT molecular complexity index is 776. The zero-order valence-corrected chi connectivity index (χ0v) is 15.4. The van der Waals surface area contributed by atoms with E-state index in [0.717, 1.165) is 28.6 Å². The molecule has 120 valence electrons. The van der Waals surface area contributed by atoms with Gasteiger partial charge in [-0.1, -0.05) is 13.0 Å². The van der Waals surface area contributed by atoms with Crippen molar-refractivity contribution in [1.82, 2.24) is 14.9 Å². The molecule has 0 bridgehead atoms. The number of carbonyl (C=O) groups excluding carboxylic acids is 1. The Labute approximate surface area is 147 Å². The summed E-state index contributed by atoms with van der Waals surface area (Å²) in [5, 5.41) is 7.94. The second-order valence-electron chi connectivity index (χ2n) is 5.16. The molecule has 0 fully saturated rings. The Hall–Kier alpha value is -1.57. The van der Waals surface area contributed by atoms with Crippen LogP contribution in [0.25, 0.3) is 9.88 Å². The third-order valence-electron chi connectivity index (χ3n) is 3.26. The van der Waals surface area contributed by atoms with Crippen molar-refractivity contribution in [3.05, 3.63) is 44.7 Å². The van der Waals surface area contributed by atoms with Crippen LogP contribution >= 0.6 is 34.0 Å². The van der Waals surface area contributed by atoms with Crippen LogP contribution in [0, 0.1) is 0 Å². The minimum atomic E-state index is -0.0470. The quantitative estimate of drug-likeness (QED) is 0.645. The molecule has 0 N–H and O–H groups in total. The maximum absolute atomic E-state index is 12.4. The number of hydrogen-bond donors (Lipinski definition) is 0. The van der Waals surface area contributed by atoms with Crippen molar-refractivity contribution < 1.29 is 4.79 Å². The van der Waals surface area contributed by atoms with Gasteiger partial charge in [-0.3, -0.25) is 4.79 Å². The summed E-state index contributed by atoms with van der Waals surface area (Å²) in [6.45, 7) is 2.61. The van der Waals surface area contributed by atoms with E-state index in [1.165, 1.54) is 4.88 Å². The normalized spacial score (nSPS) is 10.9. The molecule has 3 heterocycles. The molecule has 0 saturated heterocycles. The Morgan fingerprint density at radius 2 is 2.09 bits per heavy atom. The Balaban J connectivity index is 1.66. The molecule has 0 aliphatic heterocycles. The van der Waals surface area contributed by atoms with Gasteiger partial charge in [-0.05, 0) is 24.3 Å². The van der Waals surface area contributed by atoms with Crippen LogP contribution in [0.3, 0.4) is 0 Å². The van der Waals surface area contributed by atoms with Crippen LogP contribution in [-0.4, -0.2) is 27.8 Å². The lowest BCUT2D eigenvalue weighted by Gasteiger charge is -2.14. The monoisotopic (exact) mass is 363 g/mol. The van der Waals surface area contributed by atoms with Crippen molar-refractivity contribution in [2.24, 2.45) is 0 Å². The first-order valence-corrected chi connectivity index (χ1v) is 9.99. The molecule has 0 radical (unpaired) electrons. The summed E-state index contributed by atoms with van der Waals surface area (Å²) >= 11 is 4.85. The summed E-state index contributed by atoms with van der Waals surface area (Å²) in [4.78, 5) is 24.3. The smallest absolute Gasteiger partial charge is 0.273 e. The predicted octanol–water partition coefficient (Wildman–Crippen LogP) is 4.55. The lowest BCUT2D eigenvalue weighted by Crippen LogP contribution is -2.26. The highest BCUT2D eigenvalue weighted by atomic mass is 32.1. The van der Waals surface area contributed by atoms with Crippen LogP contribution < -0.4 is 0 Å². The van der Waals surface area contributed by atoms with Crippen LogP contribution in [0.1, 0.15) is 34.5 Å². The fraction of sp³-hybridized carbons (Fsp3) is 0.312. The number of aryl methyl sites for hydroxylation is 1. The van der Waals surface area contributed by atoms with Crippen LogP contribution in [0.5, 0.6) is 0 Å². The first-order valence-electron chi connectivity index (χ1n) is 7.35. The second kappa shape index (κ2) is 7.33. The van der Waals surface area contributed by atoms with Gasteiger partial charge in [0.15, 0.2) is 0 Å². The van der Waals surface area contributed by atoms with Gasteiger partial charge in [0.2, 0.25) is 0 Å². The maximum Gasteiger partial charge on any atom is 0.273 e. The highest BCUT2D eigenvalue weighted by Crippen LogP contribution is 2.28. The summed E-state index contributed by atoms with van der Waals surface area (Å²) in [5.74, 6) is -0.0470. The molecule has 0 aromatic carbocycles. The summed E-state index contributed by atoms with van der Waals surface area (Å²) < 4.78 is 0. The molecule has 0 atom stereocenters. The zero-order valence-electron chi connectivity index (χ0n) is 13.0. The number of thiazole rings is 2. The van der Waals surface area contributed by atoms with Crippen LogP contribution in [0.15, 0.2) is 28.3 Å². The van der Waals surface area contributed by atoms with Crippen molar-refractivity contribution in [2.45, 2.75) is 26.3 Å². The van der Waals surface area contributed by atoms with Gasteiger partial charge < -0.3 is 4.90 Å². The van der Waals surface area contributed by atoms with Crippen molar-refractivity contribution in [3.8, 4) is 9.88 Å². The van der Waals surface area contributed by atoms with Crippen molar-refractivity contribution in [3.63, 3.8) is 0 Å². The number of aromatic nitrogens is 2. The average molecular weight is 364 g/mol. The number of hydrogen-bond acceptors (Lipinski definition) is 6. The molecule has 0 unspecified atom stereocenters. The van der Waals surface area contributed by atoms with Gasteiger partial charge in [0.05, 0.1) is 22.1 Å². The second-order valence-corrected chi connectivity index (χ2v) is 7.91. The molecule has 3 aromatic rings. The maximum atomic E-state index is 12.4. The van der Waals surface area contributed by atoms with Gasteiger partial charge in [0.25, 0.3) is 5.91 Å². The van der Waals surface area contributed by atoms with Crippen LogP contribution in [-0.2, 0) is 13.0 Å². The molecule has 0 saturated carbocycles. The Morgan fingerprint density at radius 1 is 1.22 bits per heavy atom. The van der Waals surface area contributed by atoms with E-state index < -0.39 is 0 Å². The predicted molar refractivity (Wildman–Crippen MR) is 97.3 cm³/mol. The lowest BCUT2D eigenvalue weighted by atomic mass is 10.3. The number of amides is 1. The van der Waals surface area contributed by atoms with E-state index in [2.05, 4.69) is 23.0 Å². The molecule has 0 spiro atoms. The summed E-state index contributed by atoms with van der Waals surface area (Å²) in [6.07, 6.45) is 1.97. The van der Waals surface area contributed by atoms with E-state index in [9.17, 15) is 4.79 Å².